The molecule has 0 radical (unpaired) electrons. The van der Waals surface area contributed by atoms with Crippen LogP contribution < -0.4 is 4.74 Å². The molecular formula is C17H16N2O4S. The summed E-state index contributed by atoms with van der Waals surface area (Å²) >= 11 is 1.04. The third-order valence-electron chi connectivity index (χ3n) is 3.60. The zero-order chi connectivity index (χ0) is 17.5. The predicted octanol–water partition coefficient (Wildman–Crippen LogP) is 3.28. The molecular weight excluding hydrogens is 328 g/mol. The Bertz CT molecular complexity index is 864. The first-order valence-corrected chi connectivity index (χ1v) is 8.29. The minimum atomic E-state index is -0.607. The minimum Gasteiger partial charge on any atom is -0.492 e. The summed E-state index contributed by atoms with van der Waals surface area (Å²) in [6, 6.07) is 5.68. The van der Waals surface area contributed by atoms with Crippen molar-refractivity contribution in [2.75, 3.05) is 6.61 Å². The van der Waals surface area contributed by atoms with Crippen molar-refractivity contribution < 1.29 is 19.4 Å². The molecule has 0 saturated heterocycles. The van der Waals surface area contributed by atoms with Gasteiger partial charge in [-0.05, 0) is 32.9 Å². The van der Waals surface area contributed by atoms with Crippen LogP contribution in [-0.4, -0.2) is 28.3 Å². The molecule has 1 N–H and O–H groups in total. The largest absolute Gasteiger partial charge is 0.492 e. The summed E-state index contributed by atoms with van der Waals surface area (Å²) in [5.74, 6) is -0.369. The van der Waals surface area contributed by atoms with Crippen LogP contribution in [0.3, 0.4) is 0 Å². The quantitative estimate of drug-likeness (QED) is 0.859. The van der Waals surface area contributed by atoms with Gasteiger partial charge in [-0.1, -0.05) is 0 Å². The summed E-state index contributed by atoms with van der Waals surface area (Å²) < 4.78 is 10.7. The van der Waals surface area contributed by atoms with Crippen LogP contribution in [0.15, 0.2) is 12.1 Å². The lowest BCUT2D eigenvalue weighted by molar-refractivity contribution is 0.0528. The Balaban J connectivity index is 2.05. The third kappa shape index (κ3) is 2.81. The fourth-order valence-electron chi connectivity index (χ4n) is 2.68. The Hall–Kier alpha value is -2.59. The third-order valence-corrected chi connectivity index (χ3v) is 4.67. The summed E-state index contributed by atoms with van der Waals surface area (Å²) in [5.41, 5.74) is 1.64. The second kappa shape index (κ2) is 5.80. The van der Waals surface area contributed by atoms with E-state index in [4.69, 9.17) is 9.47 Å². The number of hydrogen-bond acceptors (Lipinski definition) is 7. The van der Waals surface area contributed by atoms with Crippen LogP contribution in [0.4, 0.5) is 0 Å². The van der Waals surface area contributed by atoms with E-state index < -0.39 is 5.97 Å². The van der Waals surface area contributed by atoms with Crippen molar-refractivity contribution in [3.63, 3.8) is 0 Å². The van der Waals surface area contributed by atoms with Crippen molar-refractivity contribution in [3.05, 3.63) is 28.1 Å². The molecule has 0 saturated carbocycles. The van der Waals surface area contributed by atoms with Crippen LogP contribution in [0.5, 0.6) is 11.6 Å². The Kier molecular flexibility index (Phi) is 3.93. The molecule has 0 aliphatic carbocycles. The summed E-state index contributed by atoms with van der Waals surface area (Å²) in [5, 5.41) is 19.8. The number of hydrogen-bond donors (Lipinski definition) is 1. The van der Waals surface area contributed by atoms with Crippen molar-refractivity contribution in [2.24, 2.45) is 0 Å². The number of thiazole rings is 1. The van der Waals surface area contributed by atoms with Gasteiger partial charge in [-0.2, -0.15) is 5.26 Å². The van der Waals surface area contributed by atoms with Crippen LogP contribution in [0.1, 0.15) is 41.6 Å². The van der Waals surface area contributed by atoms with E-state index in [1.807, 2.05) is 19.9 Å². The van der Waals surface area contributed by atoms with Crippen molar-refractivity contribution >= 4 is 17.3 Å². The molecule has 1 aromatic heterocycles. The fourth-order valence-corrected chi connectivity index (χ4v) is 3.52. The highest BCUT2D eigenvalue weighted by molar-refractivity contribution is 7.17. The van der Waals surface area contributed by atoms with Gasteiger partial charge in [0.05, 0.1) is 12.2 Å². The van der Waals surface area contributed by atoms with E-state index in [9.17, 15) is 15.2 Å². The van der Waals surface area contributed by atoms with E-state index in [1.54, 1.807) is 13.0 Å². The molecule has 124 valence electrons. The van der Waals surface area contributed by atoms with E-state index in [2.05, 4.69) is 11.1 Å². The van der Waals surface area contributed by atoms with Crippen molar-refractivity contribution in [2.45, 2.75) is 32.8 Å². The number of esters is 1. The van der Waals surface area contributed by atoms with Crippen LogP contribution in [0, 0.1) is 11.3 Å². The first-order chi connectivity index (χ1) is 11.3. The monoisotopic (exact) mass is 344 g/mol. The number of nitriles is 1. The molecule has 0 spiro atoms. The first-order valence-electron chi connectivity index (χ1n) is 7.48. The van der Waals surface area contributed by atoms with E-state index >= 15 is 0 Å². The maximum Gasteiger partial charge on any atom is 0.353 e. The number of carbonyl (C=O) groups is 1. The summed E-state index contributed by atoms with van der Waals surface area (Å²) in [7, 11) is 0. The zero-order valence-electron chi connectivity index (χ0n) is 13.5. The SMILES string of the molecule is CCOC(=O)c1sc(-c2cc(C#N)c3c(c2)CC(C)(C)O3)nc1O. The van der Waals surface area contributed by atoms with Crippen molar-refractivity contribution in [1.29, 1.82) is 5.26 Å². The van der Waals surface area contributed by atoms with E-state index in [1.165, 1.54) is 0 Å². The van der Waals surface area contributed by atoms with Gasteiger partial charge in [0.15, 0.2) is 4.88 Å². The molecule has 7 heteroatoms. The second-order valence-electron chi connectivity index (χ2n) is 6.05. The fraction of sp³-hybridized carbons (Fsp3) is 0.353. The zero-order valence-corrected chi connectivity index (χ0v) is 14.4. The lowest BCUT2D eigenvalue weighted by Crippen LogP contribution is -2.24. The van der Waals surface area contributed by atoms with Crippen LogP contribution in [0.25, 0.3) is 10.6 Å². The van der Waals surface area contributed by atoms with Crippen molar-refractivity contribution in [3.8, 4) is 28.3 Å². The molecule has 1 aromatic carbocycles. The van der Waals surface area contributed by atoms with Crippen LogP contribution >= 0.6 is 11.3 Å². The van der Waals surface area contributed by atoms with Crippen LogP contribution in [-0.2, 0) is 11.2 Å². The van der Waals surface area contributed by atoms with E-state index in [0.717, 1.165) is 16.9 Å². The molecule has 0 unspecified atom stereocenters. The van der Waals surface area contributed by atoms with Gasteiger partial charge in [0.1, 0.15) is 22.4 Å². The molecule has 0 fully saturated rings. The van der Waals surface area contributed by atoms with Gasteiger partial charge in [-0.25, -0.2) is 9.78 Å². The Morgan fingerprint density at radius 1 is 1.54 bits per heavy atom. The Labute approximate surface area is 143 Å². The number of ether oxygens (including phenoxy) is 2. The molecule has 0 atom stereocenters. The summed E-state index contributed by atoms with van der Waals surface area (Å²) in [6.45, 7) is 5.83. The highest BCUT2D eigenvalue weighted by Crippen LogP contribution is 2.41. The standard InChI is InChI=1S/C17H16N2O4S/c1-4-22-16(21)13-14(20)19-15(24-13)9-5-10-7-17(2,3)23-12(10)11(6-9)8-18/h5-6,20H,4,7H2,1-3H3. The molecule has 3 rings (SSSR count). The van der Waals surface area contributed by atoms with Crippen LogP contribution in [0.2, 0.25) is 0 Å². The van der Waals surface area contributed by atoms with E-state index in [0.29, 0.717) is 28.3 Å². The number of carbonyl (C=O) groups excluding carboxylic acids is 1. The summed E-state index contributed by atoms with van der Waals surface area (Å²) in [4.78, 5) is 15.9. The Morgan fingerprint density at radius 3 is 2.96 bits per heavy atom. The lowest BCUT2D eigenvalue weighted by atomic mass is 9.98. The van der Waals surface area contributed by atoms with E-state index in [-0.39, 0.29) is 23.0 Å². The van der Waals surface area contributed by atoms with Gasteiger partial charge in [0, 0.05) is 17.5 Å². The van der Waals surface area contributed by atoms with Gasteiger partial charge < -0.3 is 14.6 Å². The van der Waals surface area contributed by atoms with Gasteiger partial charge in [-0.15, -0.1) is 11.3 Å². The van der Waals surface area contributed by atoms with Gasteiger partial charge in [-0.3, -0.25) is 0 Å². The average molecular weight is 344 g/mol. The highest BCUT2D eigenvalue weighted by atomic mass is 32.1. The maximum absolute atomic E-state index is 11.8. The lowest BCUT2D eigenvalue weighted by Gasteiger charge is -2.17. The number of aromatic nitrogens is 1. The minimum absolute atomic E-state index is 0.0578. The molecule has 6 nitrogen and oxygen atoms in total. The molecule has 2 aromatic rings. The predicted molar refractivity (Wildman–Crippen MR) is 88.3 cm³/mol. The second-order valence-corrected chi connectivity index (χ2v) is 7.05. The number of aromatic hydroxyl groups is 1. The molecule has 1 aliphatic rings. The van der Waals surface area contributed by atoms with Gasteiger partial charge in [0.25, 0.3) is 0 Å². The highest BCUT2D eigenvalue weighted by Gasteiger charge is 2.33. The first kappa shape index (κ1) is 16.3. The molecule has 0 amide bonds. The number of fused-ring (bicyclic) bond motifs is 1. The van der Waals surface area contributed by atoms with Gasteiger partial charge >= 0.3 is 5.97 Å². The molecule has 0 bridgehead atoms. The average Bonchev–Trinajstić information content (AvgIpc) is 3.04. The molecule has 2 heterocycles. The number of nitrogens with zero attached hydrogens (tertiary/aromatic N) is 2. The smallest absolute Gasteiger partial charge is 0.353 e. The maximum atomic E-state index is 11.8. The topological polar surface area (TPSA) is 92.4 Å². The molecule has 1 aliphatic heterocycles. The van der Waals surface area contributed by atoms with Gasteiger partial charge in [0.2, 0.25) is 5.88 Å². The Morgan fingerprint density at radius 2 is 2.29 bits per heavy atom. The van der Waals surface area contributed by atoms with Crippen molar-refractivity contribution in [1.82, 2.24) is 4.98 Å². The number of rotatable bonds is 3. The normalized spacial score (nSPS) is 14.6. The number of benzene rings is 1. The summed E-state index contributed by atoms with van der Waals surface area (Å²) in [6.07, 6.45) is 0.674. The molecule has 24 heavy (non-hydrogen) atoms.